The summed E-state index contributed by atoms with van der Waals surface area (Å²) in [7, 11) is 0. The highest BCUT2D eigenvalue weighted by molar-refractivity contribution is 5.81. The molecule has 3 rings (SSSR count). The molecule has 0 aromatic heterocycles. The van der Waals surface area contributed by atoms with Crippen molar-refractivity contribution < 1.29 is 25.6 Å². The molecule has 1 aromatic carbocycles. The minimum Gasteiger partial charge on any atom is -0.508 e. The maximum Gasteiger partial charge on any atom is 0.133 e. The Kier molecular flexibility index (Phi) is 3.36. The number of hydrogen-bond donors (Lipinski definition) is 1. The van der Waals surface area contributed by atoms with E-state index < -0.39 is 42.3 Å². The standard InChI is InChI=1S/C24H36O3/c1-6-7-8-9-12-23(2,3)16-13-20(26)22-18-15-17(25)10-11-19(18)24(4,5)27-21(22)14-16/h13-14,18-19,26H,6-12,15H2,1-5H3/t18-,19-/m1/s1/i4D3,5D3,13D,14D. The Morgan fingerprint density at radius 3 is 2.81 bits per heavy atom. The van der Waals surface area contributed by atoms with E-state index in [2.05, 4.69) is 6.92 Å². The number of fused-ring (bicyclic) bond motifs is 3. The van der Waals surface area contributed by atoms with Gasteiger partial charge in [0.2, 0.25) is 0 Å². The van der Waals surface area contributed by atoms with Crippen LogP contribution in [0.25, 0.3) is 0 Å². The van der Waals surface area contributed by atoms with Crippen molar-refractivity contribution in [3.63, 3.8) is 0 Å². The maximum atomic E-state index is 12.4. The van der Waals surface area contributed by atoms with Crippen molar-refractivity contribution in [1.29, 1.82) is 0 Å². The van der Waals surface area contributed by atoms with Gasteiger partial charge < -0.3 is 9.84 Å². The van der Waals surface area contributed by atoms with Gasteiger partial charge in [0.15, 0.2) is 0 Å². The second-order valence-electron chi connectivity index (χ2n) is 8.74. The summed E-state index contributed by atoms with van der Waals surface area (Å²) in [6.07, 6.45) is 4.36. The van der Waals surface area contributed by atoms with Crippen molar-refractivity contribution in [2.75, 3.05) is 0 Å². The lowest BCUT2D eigenvalue weighted by molar-refractivity contribution is -0.124. The van der Waals surface area contributed by atoms with Crippen LogP contribution >= 0.6 is 0 Å². The molecule has 0 unspecified atom stereocenters. The number of phenols is 1. The van der Waals surface area contributed by atoms with Crippen LogP contribution in [0.1, 0.15) is 114 Å². The van der Waals surface area contributed by atoms with Gasteiger partial charge in [0.25, 0.3) is 0 Å². The van der Waals surface area contributed by atoms with Gasteiger partial charge in [-0.2, -0.15) is 0 Å². The molecule has 1 saturated carbocycles. The van der Waals surface area contributed by atoms with E-state index in [9.17, 15) is 9.90 Å². The molecule has 3 heteroatoms. The summed E-state index contributed by atoms with van der Waals surface area (Å²) in [5, 5.41) is 11.2. The van der Waals surface area contributed by atoms with Gasteiger partial charge in [-0.15, -0.1) is 0 Å². The summed E-state index contributed by atoms with van der Waals surface area (Å²) in [5.41, 5.74) is -3.14. The van der Waals surface area contributed by atoms with Crippen LogP contribution in [0, 0.1) is 5.92 Å². The molecule has 0 saturated heterocycles. The molecule has 27 heavy (non-hydrogen) atoms. The fourth-order valence-electron chi connectivity index (χ4n) is 4.42. The van der Waals surface area contributed by atoms with Crippen molar-refractivity contribution in [3.8, 4) is 11.5 Å². The zero-order valence-electron chi connectivity index (χ0n) is 24.6. The van der Waals surface area contributed by atoms with Gasteiger partial charge in [-0.1, -0.05) is 46.5 Å². The SMILES string of the molecule is [2H]c1c(O)c2c(c([2H])c1C(C)(C)CCCCCC)OC(C([2H])([2H])[2H])(C([2H])([2H])[2H])[C@@H]1CCC(=O)C[C@@H]21. The van der Waals surface area contributed by atoms with Crippen LogP contribution in [-0.2, 0) is 10.2 Å². The molecule has 1 aliphatic carbocycles. The van der Waals surface area contributed by atoms with E-state index in [0.717, 1.165) is 25.7 Å². The van der Waals surface area contributed by atoms with Crippen molar-refractivity contribution in [2.24, 2.45) is 5.92 Å². The number of rotatable bonds is 6. The molecule has 0 spiro atoms. The van der Waals surface area contributed by atoms with Crippen LogP contribution in [0.2, 0.25) is 0 Å². The Morgan fingerprint density at radius 2 is 2.11 bits per heavy atom. The van der Waals surface area contributed by atoms with Crippen molar-refractivity contribution in [1.82, 2.24) is 0 Å². The molecule has 1 fully saturated rings. The summed E-state index contributed by atoms with van der Waals surface area (Å²) in [6.45, 7) is -0.369. The predicted molar refractivity (Wildman–Crippen MR) is 110 cm³/mol. The zero-order chi connectivity index (χ0) is 26.6. The molecule has 0 bridgehead atoms. The van der Waals surface area contributed by atoms with Crippen LogP contribution in [-0.4, -0.2) is 16.5 Å². The van der Waals surface area contributed by atoms with E-state index in [-0.39, 0.29) is 54.0 Å². The normalized spacial score (nSPS) is 29.4. The largest absolute Gasteiger partial charge is 0.508 e. The Bertz CT molecular complexity index is 967. The van der Waals surface area contributed by atoms with Crippen LogP contribution in [0.15, 0.2) is 12.1 Å². The minimum atomic E-state index is -3.09. The highest BCUT2D eigenvalue weighted by Gasteiger charge is 2.47. The van der Waals surface area contributed by atoms with Gasteiger partial charge in [0, 0.05) is 38.5 Å². The second kappa shape index (κ2) is 7.48. The first-order valence-electron chi connectivity index (χ1n) is 14.1. The fourth-order valence-corrected chi connectivity index (χ4v) is 4.42. The number of benzene rings is 1. The molecule has 1 N–H and O–H groups in total. The lowest BCUT2D eigenvalue weighted by Crippen LogP contribution is -2.47. The topological polar surface area (TPSA) is 46.5 Å². The molecule has 2 atom stereocenters. The summed E-state index contributed by atoms with van der Waals surface area (Å²) in [4.78, 5) is 12.4. The summed E-state index contributed by atoms with van der Waals surface area (Å²) < 4.78 is 72.9. The molecule has 1 heterocycles. The third-order valence-corrected chi connectivity index (χ3v) is 6.14. The number of aromatic hydroxyl groups is 1. The molecule has 2 aliphatic rings. The third kappa shape index (κ3) is 4.02. The zero-order valence-corrected chi connectivity index (χ0v) is 16.6. The predicted octanol–water partition coefficient (Wildman–Crippen LogP) is 6.26. The number of carbonyl (C=O) groups excluding carboxylic acids is 1. The number of carbonyl (C=O) groups is 1. The first kappa shape index (κ1) is 12.1. The van der Waals surface area contributed by atoms with Gasteiger partial charge in [0.05, 0.1) is 2.74 Å². The van der Waals surface area contributed by atoms with Crippen LogP contribution in [0.3, 0.4) is 0 Å². The minimum absolute atomic E-state index is 0.0128. The van der Waals surface area contributed by atoms with E-state index in [4.69, 9.17) is 15.7 Å². The first-order valence-corrected chi connectivity index (χ1v) is 10.1. The number of phenolic OH excluding ortho intramolecular Hbond substituents is 1. The molecule has 150 valence electrons. The lowest BCUT2D eigenvalue weighted by atomic mass is 9.66. The Labute approximate surface area is 175 Å². The Morgan fingerprint density at radius 1 is 1.33 bits per heavy atom. The average Bonchev–Trinajstić information content (AvgIpc) is 2.72. The van der Waals surface area contributed by atoms with E-state index >= 15 is 0 Å². The first-order chi connectivity index (χ1) is 16.0. The number of unbranched alkanes of at least 4 members (excludes halogenated alkanes) is 3. The molecular weight excluding hydrogens is 336 g/mol. The van der Waals surface area contributed by atoms with Crippen molar-refractivity contribution >= 4 is 5.78 Å². The number of ketones is 1. The van der Waals surface area contributed by atoms with Crippen LogP contribution in [0.5, 0.6) is 11.5 Å². The van der Waals surface area contributed by atoms with Crippen molar-refractivity contribution in [2.45, 2.75) is 103 Å². The van der Waals surface area contributed by atoms with Gasteiger partial charge >= 0.3 is 0 Å². The fraction of sp³-hybridized carbons (Fsp3) is 0.708. The Balaban J connectivity index is 2.28. The summed E-state index contributed by atoms with van der Waals surface area (Å²) >= 11 is 0. The smallest absolute Gasteiger partial charge is 0.133 e. The highest BCUT2D eigenvalue weighted by atomic mass is 16.5. The quantitative estimate of drug-likeness (QED) is 0.592. The van der Waals surface area contributed by atoms with E-state index in [1.165, 1.54) is 0 Å². The third-order valence-electron chi connectivity index (χ3n) is 6.14. The number of Topliss-reactive ketones (excluding diaryl/α,β-unsaturated/α-hetero) is 1. The molecule has 0 radical (unpaired) electrons. The average molecular weight is 381 g/mol. The molecule has 3 nitrogen and oxygen atoms in total. The number of hydrogen-bond acceptors (Lipinski definition) is 3. The summed E-state index contributed by atoms with van der Waals surface area (Å²) in [6, 6.07) is -0.525. The van der Waals surface area contributed by atoms with E-state index in [1.807, 2.05) is 13.8 Å². The molecule has 0 amide bonds. The molecular formula is C24H36O3. The maximum absolute atomic E-state index is 12.4. The Hall–Kier alpha value is -1.51. The van der Waals surface area contributed by atoms with Gasteiger partial charge in [-0.05, 0) is 49.6 Å². The van der Waals surface area contributed by atoms with Crippen LogP contribution in [0.4, 0.5) is 0 Å². The summed E-state index contributed by atoms with van der Waals surface area (Å²) in [5.74, 6) is -3.02. The van der Waals surface area contributed by atoms with E-state index in [1.54, 1.807) is 0 Å². The lowest BCUT2D eigenvalue weighted by Gasteiger charge is -2.47. The van der Waals surface area contributed by atoms with Crippen LogP contribution < -0.4 is 4.74 Å². The van der Waals surface area contributed by atoms with Crippen molar-refractivity contribution in [3.05, 3.63) is 23.2 Å². The second-order valence-corrected chi connectivity index (χ2v) is 8.74. The highest BCUT2D eigenvalue weighted by Crippen LogP contribution is 2.54. The van der Waals surface area contributed by atoms with E-state index in [0.29, 0.717) is 6.42 Å². The number of ether oxygens (including phenoxy) is 1. The van der Waals surface area contributed by atoms with Gasteiger partial charge in [-0.3, -0.25) is 4.79 Å². The van der Waals surface area contributed by atoms with Gasteiger partial charge in [-0.25, -0.2) is 0 Å². The molecule has 1 aliphatic heterocycles. The van der Waals surface area contributed by atoms with Gasteiger partial charge in [0.1, 0.15) is 22.9 Å². The monoisotopic (exact) mass is 380 g/mol. The molecule has 1 aromatic rings.